The zero-order chi connectivity index (χ0) is 14.2. The minimum atomic E-state index is -0.409. The van der Waals surface area contributed by atoms with Crippen molar-refractivity contribution in [3.8, 4) is 0 Å². The van der Waals surface area contributed by atoms with Crippen LogP contribution in [-0.2, 0) is 6.54 Å². The largest absolute Gasteiger partial charge is 0.368 e. The van der Waals surface area contributed by atoms with Crippen molar-refractivity contribution in [2.24, 2.45) is 0 Å². The van der Waals surface area contributed by atoms with Crippen LogP contribution in [0.2, 0.25) is 0 Å². The van der Waals surface area contributed by atoms with Gasteiger partial charge < -0.3 is 4.90 Å². The molecule has 2 bridgehead atoms. The first-order valence-electron chi connectivity index (χ1n) is 7.26. The maximum absolute atomic E-state index is 13.2. The average molecular weight is 288 g/mol. The van der Waals surface area contributed by atoms with Crippen molar-refractivity contribution in [1.29, 1.82) is 0 Å². The van der Waals surface area contributed by atoms with E-state index in [0.717, 1.165) is 31.9 Å². The highest BCUT2D eigenvalue weighted by molar-refractivity contribution is 5.47. The fourth-order valence-corrected chi connectivity index (χ4v) is 3.42. The predicted octanol–water partition coefficient (Wildman–Crippen LogP) is 0.775. The number of piperidine rings is 1. The molecule has 0 aromatic carbocycles. The second kappa shape index (κ2) is 5.07. The lowest BCUT2D eigenvalue weighted by Gasteiger charge is -2.57. The van der Waals surface area contributed by atoms with Gasteiger partial charge in [-0.1, -0.05) is 0 Å². The molecular formula is C14H17FN6. The Labute approximate surface area is 122 Å². The van der Waals surface area contributed by atoms with Gasteiger partial charge in [-0.2, -0.15) is 19.4 Å². The summed E-state index contributed by atoms with van der Waals surface area (Å²) in [7, 11) is 0. The standard InChI is InChI=1S/C14H17FN6/c15-14-8-11(1-2-16-14)19-9-12-7-13(10-19)20(12)5-6-21-17-3-4-18-21/h1-4,8,12-13H,5-7,9-10H2. The van der Waals surface area contributed by atoms with Crippen molar-refractivity contribution in [3.63, 3.8) is 0 Å². The average Bonchev–Trinajstić information content (AvgIpc) is 3.01. The Balaban J connectivity index is 1.37. The Kier molecular flexibility index (Phi) is 3.07. The van der Waals surface area contributed by atoms with Crippen LogP contribution < -0.4 is 4.90 Å². The molecule has 0 aliphatic carbocycles. The summed E-state index contributed by atoms with van der Waals surface area (Å²) in [6, 6.07) is 4.50. The Bertz CT molecular complexity index is 604. The van der Waals surface area contributed by atoms with E-state index in [2.05, 4.69) is 25.0 Å². The van der Waals surface area contributed by atoms with Crippen LogP contribution in [0.25, 0.3) is 0 Å². The van der Waals surface area contributed by atoms with Gasteiger partial charge in [-0.3, -0.25) is 4.90 Å². The molecule has 2 aromatic heterocycles. The highest BCUT2D eigenvalue weighted by Crippen LogP contribution is 2.34. The number of aromatic nitrogens is 4. The zero-order valence-electron chi connectivity index (χ0n) is 11.6. The number of hydrogen-bond acceptors (Lipinski definition) is 5. The normalized spacial score (nSPS) is 24.9. The second-order valence-electron chi connectivity index (χ2n) is 5.65. The first-order valence-corrected chi connectivity index (χ1v) is 7.26. The number of hydrogen-bond donors (Lipinski definition) is 0. The summed E-state index contributed by atoms with van der Waals surface area (Å²) < 4.78 is 13.2. The molecule has 2 unspecified atom stereocenters. The molecule has 3 aliphatic rings. The van der Waals surface area contributed by atoms with E-state index in [9.17, 15) is 4.39 Å². The van der Waals surface area contributed by atoms with Gasteiger partial charge in [0.1, 0.15) is 0 Å². The third-order valence-electron chi connectivity index (χ3n) is 4.44. The van der Waals surface area contributed by atoms with Crippen LogP contribution in [0.5, 0.6) is 0 Å². The van der Waals surface area contributed by atoms with Crippen LogP contribution >= 0.6 is 0 Å². The minimum Gasteiger partial charge on any atom is -0.368 e. The van der Waals surface area contributed by atoms with Crippen LogP contribution in [0.1, 0.15) is 6.42 Å². The maximum Gasteiger partial charge on any atom is 0.214 e. The molecule has 0 saturated carbocycles. The van der Waals surface area contributed by atoms with E-state index in [1.165, 1.54) is 18.7 Å². The Morgan fingerprint density at radius 2 is 1.86 bits per heavy atom. The van der Waals surface area contributed by atoms with E-state index >= 15 is 0 Å². The second-order valence-corrected chi connectivity index (χ2v) is 5.65. The highest BCUT2D eigenvalue weighted by Gasteiger charge is 2.44. The third kappa shape index (κ3) is 2.37. The molecule has 5 heterocycles. The molecule has 3 fully saturated rings. The number of halogens is 1. The molecule has 2 aromatic rings. The molecule has 0 N–H and O–H groups in total. The van der Waals surface area contributed by atoms with Gasteiger partial charge in [-0.25, -0.2) is 4.98 Å². The summed E-state index contributed by atoms with van der Waals surface area (Å²) in [5.74, 6) is -0.409. The van der Waals surface area contributed by atoms with Crippen LogP contribution in [0, 0.1) is 5.95 Å². The van der Waals surface area contributed by atoms with E-state index in [-0.39, 0.29) is 0 Å². The maximum atomic E-state index is 13.2. The summed E-state index contributed by atoms with van der Waals surface area (Å²) in [5, 5.41) is 8.27. The van der Waals surface area contributed by atoms with Gasteiger partial charge in [0.15, 0.2) is 0 Å². The number of rotatable bonds is 4. The van der Waals surface area contributed by atoms with Gasteiger partial charge in [-0.05, 0) is 12.5 Å². The van der Waals surface area contributed by atoms with E-state index in [4.69, 9.17) is 0 Å². The molecule has 3 saturated heterocycles. The lowest BCUT2D eigenvalue weighted by Crippen LogP contribution is -2.69. The molecule has 7 heteroatoms. The molecule has 0 radical (unpaired) electrons. The zero-order valence-corrected chi connectivity index (χ0v) is 11.6. The van der Waals surface area contributed by atoms with Crippen LogP contribution in [0.4, 0.5) is 10.1 Å². The SMILES string of the molecule is Fc1cc(N2CC3CC(C2)N3CCn2nccn2)ccn1. The number of fused-ring (bicyclic) bond motifs is 2. The number of piperazine rings is 1. The first kappa shape index (κ1) is 12.7. The first-order chi connectivity index (χ1) is 10.3. The Hall–Kier alpha value is -2.02. The predicted molar refractivity (Wildman–Crippen MR) is 75.3 cm³/mol. The summed E-state index contributed by atoms with van der Waals surface area (Å²) in [4.78, 5) is 10.1. The number of anilines is 1. The highest BCUT2D eigenvalue weighted by atomic mass is 19.1. The fraction of sp³-hybridized carbons (Fsp3) is 0.500. The van der Waals surface area contributed by atoms with Gasteiger partial charge in [0.2, 0.25) is 5.95 Å². The molecule has 5 rings (SSSR count). The number of nitrogens with zero attached hydrogens (tertiary/aromatic N) is 6. The molecular weight excluding hydrogens is 271 g/mol. The quantitative estimate of drug-likeness (QED) is 0.778. The van der Waals surface area contributed by atoms with E-state index in [1.54, 1.807) is 17.2 Å². The van der Waals surface area contributed by atoms with Crippen LogP contribution in [0.15, 0.2) is 30.7 Å². The van der Waals surface area contributed by atoms with Crippen molar-refractivity contribution in [1.82, 2.24) is 24.9 Å². The van der Waals surface area contributed by atoms with Gasteiger partial charge in [0.25, 0.3) is 0 Å². The van der Waals surface area contributed by atoms with Crippen molar-refractivity contribution in [3.05, 3.63) is 36.7 Å². The lowest BCUT2D eigenvalue weighted by atomic mass is 9.87. The molecule has 21 heavy (non-hydrogen) atoms. The smallest absolute Gasteiger partial charge is 0.214 e. The van der Waals surface area contributed by atoms with Gasteiger partial charge in [0.05, 0.1) is 18.9 Å². The third-order valence-corrected chi connectivity index (χ3v) is 4.44. The van der Waals surface area contributed by atoms with E-state index < -0.39 is 5.95 Å². The number of pyridine rings is 1. The van der Waals surface area contributed by atoms with Crippen LogP contribution in [0.3, 0.4) is 0 Å². The van der Waals surface area contributed by atoms with Gasteiger partial charge in [-0.15, -0.1) is 0 Å². The Morgan fingerprint density at radius 1 is 1.10 bits per heavy atom. The van der Waals surface area contributed by atoms with E-state index in [0.29, 0.717) is 12.1 Å². The summed E-state index contributed by atoms with van der Waals surface area (Å²) >= 11 is 0. The Morgan fingerprint density at radius 3 is 2.57 bits per heavy atom. The van der Waals surface area contributed by atoms with Gasteiger partial charge >= 0.3 is 0 Å². The van der Waals surface area contributed by atoms with Crippen molar-refractivity contribution in [2.45, 2.75) is 25.0 Å². The minimum absolute atomic E-state index is 0.409. The summed E-state index contributed by atoms with van der Waals surface area (Å²) in [5.41, 5.74) is 0.936. The van der Waals surface area contributed by atoms with Crippen molar-refractivity contribution in [2.75, 3.05) is 24.5 Å². The van der Waals surface area contributed by atoms with Crippen LogP contribution in [-0.4, -0.2) is 56.6 Å². The molecule has 6 nitrogen and oxygen atoms in total. The van der Waals surface area contributed by atoms with Crippen molar-refractivity contribution >= 4 is 5.69 Å². The molecule has 3 aliphatic heterocycles. The molecule has 0 amide bonds. The van der Waals surface area contributed by atoms with Crippen molar-refractivity contribution < 1.29 is 4.39 Å². The molecule has 110 valence electrons. The topological polar surface area (TPSA) is 50.1 Å². The van der Waals surface area contributed by atoms with E-state index in [1.807, 2.05) is 6.07 Å². The summed E-state index contributed by atoms with van der Waals surface area (Å²) in [6.45, 7) is 3.70. The lowest BCUT2D eigenvalue weighted by molar-refractivity contribution is -0.00485. The molecule has 0 spiro atoms. The molecule has 2 atom stereocenters. The fourth-order valence-electron chi connectivity index (χ4n) is 3.42. The summed E-state index contributed by atoms with van der Waals surface area (Å²) in [6.07, 6.45) is 6.18. The van der Waals surface area contributed by atoms with Gasteiger partial charge in [0, 0.05) is 49.7 Å². The monoisotopic (exact) mass is 288 g/mol.